The molecular formula is C9H10N2O3S. The Labute approximate surface area is 89.9 Å². The minimum Gasteiger partial charge on any atom is -0.476 e. The molecule has 0 saturated heterocycles. The van der Waals surface area contributed by atoms with Crippen LogP contribution in [0, 0.1) is 0 Å². The fraction of sp³-hybridized carbons (Fsp3) is 0.444. The van der Waals surface area contributed by atoms with Crippen LogP contribution in [0.25, 0.3) is 0 Å². The van der Waals surface area contributed by atoms with Crippen LogP contribution in [-0.4, -0.2) is 32.5 Å². The van der Waals surface area contributed by atoms with Gasteiger partial charge in [0.2, 0.25) is 0 Å². The average Bonchev–Trinajstić information content (AvgIpc) is 2.41. The largest absolute Gasteiger partial charge is 0.476 e. The van der Waals surface area contributed by atoms with Crippen molar-refractivity contribution in [2.45, 2.75) is 12.8 Å². The number of carboxylic acids is 1. The lowest BCUT2D eigenvalue weighted by molar-refractivity contribution is 0.0688. The summed E-state index contributed by atoms with van der Waals surface area (Å²) >= 11 is 1.76. The van der Waals surface area contributed by atoms with Crippen LogP contribution in [-0.2, 0) is 12.8 Å². The predicted molar refractivity (Wildman–Crippen MR) is 56.6 cm³/mol. The molecule has 0 unspecified atom stereocenters. The van der Waals surface area contributed by atoms with Crippen molar-refractivity contribution in [1.82, 2.24) is 9.97 Å². The number of hydrogen-bond donors (Lipinski definition) is 2. The molecule has 80 valence electrons. The van der Waals surface area contributed by atoms with Crippen LogP contribution in [0.1, 0.15) is 21.7 Å². The predicted octanol–water partition coefficient (Wildman–Crippen LogP) is 0.300. The SMILES string of the molecule is O=C(O)c1nc(=O)[nH]c2c1CCSCC2. The highest BCUT2D eigenvalue weighted by Gasteiger charge is 2.19. The second kappa shape index (κ2) is 4.06. The zero-order chi connectivity index (χ0) is 10.8. The quantitative estimate of drug-likeness (QED) is 0.719. The lowest BCUT2D eigenvalue weighted by Gasteiger charge is -2.06. The Hall–Kier alpha value is -1.30. The van der Waals surface area contributed by atoms with Crippen molar-refractivity contribution in [3.8, 4) is 0 Å². The van der Waals surface area contributed by atoms with Gasteiger partial charge >= 0.3 is 11.7 Å². The van der Waals surface area contributed by atoms with E-state index < -0.39 is 11.7 Å². The molecule has 0 atom stereocenters. The number of rotatable bonds is 1. The smallest absolute Gasteiger partial charge is 0.355 e. The number of carbonyl (C=O) groups is 1. The molecule has 1 aliphatic heterocycles. The van der Waals surface area contributed by atoms with Crippen molar-refractivity contribution >= 4 is 17.7 Å². The Morgan fingerprint density at radius 3 is 2.87 bits per heavy atom. The lowest BCUT2D eigenvalue weighted by Crippen LogP contribution is -2.21. The van der Waals surface area contributed by atoms with Gasteiger partial charge in [0.25, 0.3) is 0 Å². The van der Waals surface area contributed by atoms with E-state index >= 15 is 0 Å². The van der Waals surface area contributed by atoms with Gasteiger partial charge in [-0.15, -0.1) is 0 Å². The number of thioether (sulfide) groups is 1. The Morgan fingerprint density at radius 1 is 1.40 bits per heavy atom. The van der Waals surface area contributed by atoms with Crippen LogP contribution in [0.15, 0.2) is 4.79 Å². The molecule has 1 aromatic rings. The van der Waals surface area contributed by atoms with Crippen LogP contribution in [0.3, 0.4) is 0 Å². The number of aryl methyl sites for hydroxylation is 1. The van der Waals surface area contributed by atoms with Gasteiger partial charge in [0.15, 0.2) is 5.69 Å². The molecule has 1 aromatic heterocycles. The second-order valence-electron chi connectivity index (χ2n) is 3.27. The number of aromatic carboxylic acids is 1. The number of aromatic nitrogens is 2. The van der Waals surface area contributed by atoms with Crippen LogP contribution >= 0.6 is 11.8 Å². The Balaban J connectivity index is 2.59. The van der Waals surface area contributed by atoms with E-state index in [2.05, 4.69) is 9.97 Å². The van der Waals surface area contributed by atoms with Gasteiger partial charge in [0.05, 0.1) is 0 Å². The van der Waals surface area contributed by atoms with Gasteiger partial charge in [-0.25, -0.2) is 9.59 Å². The van der Waals surface area contributed by atoms with Crippen LogP contribution in [0.2, 0.25) is 0 Å². The van der Waals surface area contributed by atoms with Crippen molar-refractivity contribution < 1.29 is 9.90 Å². The zero-order valence-corrected chi connectivity index (χ0v) is 8.76. The zero-order valence-electron chi connectivity index (χ0n) is 7.95. The minimum absolute atomic E-state index is 0.0868. The molecule has 0 bridgehead atoms. The van der Waals surface area contributed by atoms with Crippen LogP contribution < -0.4 is 5.69 Å². The highest BCUT2D eigenvalue weighted by molar-refractivity contribution is 7.99. The Kier molecular flexibility index (Phi) is 2.77. The number of nitrogens with zero attached hydrogens (tertiary/aromatic N) is 1. The summed E-state index contributed by atoms with van der Waals surface area (Å²) < 4.78 is 0. The van der Waals surface area contributed by atoms with E-state index in [9.17, 15) is 9.59 Å². The number of H-pyrrole nitrogens is 1. The van der Waals surface area contributed by atoms with Gasteiger partial charge in [0, 0.05) is 11.3 Å². The molecule has 0 fully saturated rings. The van der Waals surface area contributed by atoms with E-state index in [1.807, 2.05) is 0 Å². The molecule has 0 aromatic carbocycles. The summed E-state index contributed by atoms with van der Waals surface area (Å²) in [5.41, 5.74) is 0.763. The fourth-order valence-corrected chi connectivity index (χ4v) is 2.56. The normalized spacial score (nSPS) is 15.5. The minimum atomic E-state index is -1.12. The van der Waals surface area contributed by atoms with E-state index in [1.54, 1.807) is 11.8 Å². The van der Waals surface area contributed by atoms with Crippen molar-refractivity contribution in [2.24, 2.45) is 0 Å². The summed E-state index contributed by atoms with van der Waals surface area (Å²) in [5, 5.41) is 8.94. The summed E-state index contributed by atoms with van der Waals surface area (Å²) in [5.74, 6) is 0.664. The molecule has 0 radical (unpaired) electrons. The van der Waals surface area contributed by atoms with E-state index in [1.165, 1.54) is 0 Å². The first-order chi connectivity index (χ1) is 7.18. The summed E-state index contributed by atoms with van der Waals surface area (Å²) in [7, 11) is 0. The van der Waals surface area contributed by atoms with Gasteiger partial charge < -0.3 is 10.1 Å². The summed E-state index contributed by atoms with van der Waals surface area (Å²) in [6, 6.07) is 0. The van der Waals surface area contributed by atoms with Crippen LogP contribution in [0.4, 0.5) is 0 Å². The van der Waals surface area contributed by atoms with Crippen LogP contribution in [0.5, 0.6) is 0 Å². The summed E-state index contributed by atoms with van der Waals surface area (Å²) in [6.45, 7) is 0. The maximum Gasteiger partial charge on any atom is 0.355 e. The van der Waals surface area contributed by atoms with Crippen molar-refractivity contribution in [1.29, 1.82) is 0 Å². The van der Waals surface area contributed by atoms with E-state index in [-0.39, 0.29) is 5.69 Å². The molecule has 2 N–H and O–H groups in total. The second-order valence-corrected chi connectivity index (χ2v) is 4.49. The third-order valence-electron chi connectivity index (χ3n) is 2.32. The van der Waals surface area contributed by atoms with Crippen molar-refractivity contribution in [2.75, 3.05) is 11.5 Å². The first kappa shape index (κ1) is 10.2. The van der Waals surface area contributed by atoms with E-state index in [0.717, 1.165) is 17.2 Å². The summed E-state index contributed by atoms with van der Waals surface area (Å²) in [4.78, 5) is 28.2. The summed E-state index contributed by atoms with van der Waals surface area (Å²) in [6.07, 6.45) is 1.36. The first-order valence-electron chi connectivity index (χ1n) is 4.61. The standard InChI is InChI=1S/C9H10N2O3S/c12-8(13)7-5-1-3-15-4-2-6(5)10-9(14)11-7/h1-4H2,(H,12,13)(H,10,11,14). The molecule has 0 amide bonds. The van der Waals surface area contributed by atoms with E-state index in [4.69, 9.17) is 5.11 Å². The molecule has 0 saturated carbocycles. The maximum absolute atomic E-state index is 11.1. The molecule has 1 aliphatic rings. The molecule has 0 aliphatic carbocycles. The lowest BCUT2D eigenvalue weighted by atomic mass is 10.1. The number of hydrogen-bond acceptors (Lipinski definition) is 4. The third kappa shape index (κ3) is 2.04. The fourth-order valence-electron chi connectivity index (χ4n) is 1.65. The average molecular weight is 226 g/mol. The molecule has 2 rings (SSSR count). The highest BCUT2D eigenvalue weighted by atomic mass is 32.2. The van der Waals surface area contributed by atoms with Gasteiger partial charge in [-0.05, 0) is 24.3 Å². The van der Waals surface area contributed by atoms with Gasteiger partial charge in [0.1, 0.15) is 0 Å². The molecule has 0 spiro atoms. The molecule has 15 heavy (non-hydrogen) atoms. The number of nitrogens with one attached hydrogen (secondary N) is 1. The highest BCUT2D eigenvalue weighted by Crippen LogP contribution is 2.19. The molecular weight excluding hydrogens is 216 g/mol. The number of aromatic amines is 1. The van der Waals surface area contributed by atoms with Gasteiger partial charge in [-0.1, -0.05) is 0 Å². The monoisotopic (exact) mass is 226 g/mol. The van der Waals surface area contributed by atoms with Crippen molar-refractivity contribution in [3.05, 3.63) is 27.4 Å². The topological polar surface area (TPSA) is 83.0 Å². The molecule has 5 nitrogen and oxygen atoms in total. The van der Waals surface area contributed by atoms with Gasteiger partial charge in [-0.3, -0.25) is 0 Å². The number of fused-ring (bicyclic) bond motifs is 1. The Morgan fingerprint density at radius 2 is 2.13 bits per heavy atom. The molecule has 6 heteroatoms. The maximum atomic E-state index is 11.1. The van der Waals surface area contributed by atoms with Crippen molar-refractivity contribution in [3.63, 3.8) is 0 Å². The van der Waals surface area contributed by atoms with E-state index in [0.29, 0.717) is 18.4 Å². The first-order valence-corrected chi connectivity index (χ1v) is 5.77. The Bertz CT molecular complexity index is 455. The third-order valence-corrected chi connectivity index (χ3v) is 3.30. The number of carboxylic acid groups (broad SMARTS) is 1. The van der Waals surface area contributed by atoms with Gasteiger partial charge in [-0.2, -0.15) is 16.7 Å². The molecule has 2 heterocycles.